The van der Waals surface area contributed by atoms with Crippen molar-refractivity contribution in [1.29, 1.82) is 0 Å². The molecule has 18 heavy (non-hydrogen) atoms. The van der Waals surface area contributed by atoms with E-state index in [4.69, 9.17) is 0 Å². The minimum atomic E-state index is 0.662. The summed E-state index contributed by atoms with van der Waals surface area (Å²) in [4.78, 5) is 4.25. The lowest BCUT2D eigenvalue weighted by molar-refractivity contribution is 0.163. The largest absolute Gasteiger partial charge is 0.314 e. The van der Waals surface area contributed by atoms with Crippen molar-refractivity contribution in [1.82, 2.24) is 10.2 Å². The highest BCUT2D eigenvalue weighted by molar-refractivity contribution is 9.11. The Morgan fingerprint density at radius 1 is 1.44 bits per heavy atom. The van der Waals surface area contributed by atoms with Crippen LogP contribution in [0.2, 0.25) is 0 Å². The summed E-state index contributed by atoms with van der Waals surface area (Å²) >= 11 is 5.62. The maximum absolute atomic E-state index is 3.68. The first-order chi connectivity index (χ1) is 8.74. The van der Waals surface area contributed by atoms with Crippen LogP contribution in [0.5, 0.6) is 0 Å². The number of nitrogens with zero attached hydrogens (tertiary/aromatic N) is 1. The quantitative estimate of drug-likeness (QED) is 0.909. The minimum Gasteiger partial charge on any atom is -0.314 e. The van der Waals surface area contributed by atoms with E-state index in [1.807, 2.05) is 11.3 Å². The lowest BCUT2D eigenvalue weighted by Crippen LogP contribution is -2.45. The lowest BCUT2D eigenvalue weighted by Gasteiger charge is -2.34. The van der Waals surface area contributed by atoms with Crippen molar-refractivity contribution in [3.63, 3.8) is 0 Å². The van der Waals surface area contributed by atoms with Crippen LogP contribution in [-0.2, 0) is 0 Å². The van der Waals surface area contributed by atoms with Crippen LogP contribution >= 0.6 is 27.3 Å². The number of aryl methyl sites for hydroxylation is 1. The molecule has 2 heterocycles. The summed E-state index contributed by atoms with van der Waals surface area (Å²) in [5.41, 5.74) is 1.39. The molecule has 1 N–H and O–H groups in total. The van der Waals surface area contributed by atoms with E-state index in [1.165, 1.54) is 41.7 Å². The topological polar surface area (TPSA) is 15.3 Å². The van der Waals surface area contributed by atoms with E-state index in [9.17, 15) is 0 Å². The Bertz CT molecular complexity index is 388. The van der Waals surface area contributed by atoms with Gasteiger partial charge in [-0.15, -0.1) is 11.3 Å². The summed E-state index contributed by atoms with van der Waals surface area (Å²) in [6.45, 7) is 6.90. The van der Waals surface area contributed by atoms with Crippen LogP contribution in [0.25, 0.3) is 0 Å². The van der Waals surface area contributed by atoms with Gasteiger partial charge in [0.25, 0.3) is 0 Å². The predicted octanol–water partition coefficient (Wildman–Crippen LogP) is 3.57. The average Bonchev–Trinajstić information content (AvgIpc) is 3.14. The van der Waals surface area contributed by atoms with Gasteiger partial charge in [0.1, 0.15) is 0 Å². The van der Waals surface area contributed by atoms with E-state index in [1.54, 1.807) is 4.88 Å². The molecule has 2 aliphatic rings. The molecule has 2 fully saturated rings. The maximum Gasteiger partial charge on any atom is 0.0731 e. The number of rotatable bonds is 4. The Morgan fingerprint density at radius 2 is 2.17 bits per heavy atom. The van der Waals surface area contributed by atoms with E-state index in [-0.39, 0.29) is 0 Å². The van der Waals surface area contributed by atoms with Gasteiger partial charge in [0.05, 0.1) is 3.79 Å². The van der Waals surface area contributed by atoms with Crippen LogP contribution in [0, 0.1) is 12.8 Å². The summed E-state index contributed by atoms with van der Waals surface area (Å²) in [7, 11) is 0. The fourth-order valence-electron chi connectivity index (χ4n) is 2.76. The highest BCUT2D eigenvalue weighted by Gasteiger charge is 2.31. The molecule has 1 aliphatic carbocycles. The zero-order chi connectivity index (χ0) is 12.5. The molecule has 0 aromatic carbocycles. The average molecular weight is 329 g/mol. The van der Waals surface area contributed by atoms with Crippen molar-refractivity contribution >= 4 is 27.3 Å². The van der Waals surface area contributed by atoms with Crippen LogP contribution in [0.4, 0.5) is 0 Å². The standard InChI is InChI=1S/C14H21BrN2S/c1-10-8-13(18-14(10)15)12(9-11-2-3-11)17-6-4-16-5-7-17/h8,11-12,16H,2-7,9H2,1H3/t12-/m1/s1. The third-order valence-electron chi connectivity index (χ3n) is 4.05. The summed E-state index contributed by atoms with van der Waals surface area (Å²) in [6.07, 6.45) is 4.27. The molecule has 4 heteroatoms. The fourth-order valence-corrected chi connectivity index (χ4v) is 4.48. The van der Waals surface area contributed by atoms with Crippen molar-refractivity contribution in [3.05, 3.63) is 20.3 Å². The molecule has 0 bridgehead atoms. The van der Waals surface area contributed by atoms with Crippen LogP contribution in [-0.4, -0.2) is 31.1 Å². The van der Waals surface area contributed by atoms with Gasteiger partial charge in [-0.3, -0.25) is 4.90 Å². The Hall–Kier alpha value is 0.100. The van der Waals surface area contributed by atoms with E-state index in [0.717, 1.165) is 19.0 Å². The van der Waals surface area contributed by atoms with Gasteiger partial charge >= 0.3 is 0 Å². The normalized spacial score (nSPS) is 23.2. The molecule has 2 nitrogen and oxygen atoms in total. The summed E-state index contributed by atoms with van der Waals surface area (Å²) < 4.78 is 1.31. The summed E-state index contributed by atoms with van der Waals surface area (Å²) in [6, 6.07) is 3.05. The van der Waals surface area contributed by atoms with Crippen molar-refractivity contribution in [2.24, 2.45) is 5.92 Å². The molecule has 1 aromatic rings. The molecule has 0 spiro atoms. The van der Waals surface area contributed by atoms with Crippen LogP contribution in [0.3, 0.4) is 0 Å². The number of piperazine rings is 1. The Balaban J connectivity index is 1.78. The summed E-state index contributed by atoms with van der Waals surface area (Å²) in [5, 5.41) is 3.46. The highest BCUT2D eigenvalue weighted by Crippen LogP contribution is 2.43. The molecular formula is C14H21BrN2S. The third kappa shape index (κ3) is 2.98. The second kappa shape index (κ2) is 5.61. The van der Waals surface area contributed by atoms with Gasteiger partial charge in [-0.1, -0.05) is 12.8 Å². The number of halogens is 1. The van der Waals surface area contributed by atoms with Gasteiger partial charge in [-0.2, -0.15) is 0 Å². The number of nitrogens with one attached hydrogen (secondary N) is 1. The first-order valence-electron chi connectivity index (χ1n) is 6.94. The second-order valence-electron chi connectivity index (χ2n) is 5.59. The summed E-state index contributed by atoms with van der Waals surface area (Å²) in [5.74, 6) is 0.992. The Labute approximate surface area is 122 Å². The molecule has 1 aliphatic heterocycles. The van der Waals surface area contributed by atoms with Crippen molar-refractivity contribution < 1.29 is 0 Å². The van der Waals surface area contributed by atoms with E-state index in [0.29, 0.717) is 6.04 Å². The fraction of sp³-hybridized carbons (Fsp3) is 0.714. The van der Waals surface area contributed by atoms with Gasteiger partial charge in [-0.05, 0) is 46.8 Å². The molecule has 0 amide bonds. The van der Waals surface area contributed by atoms with Gasteiger partial charge in [-0.25, -0.2) is 0 Å². The Morgan fingerprint density at radius 3 is 2.72 bits per heavy atom. The van der Waals surface area contributed by atoms with Gasteiger partial charge in [0.15, 0.2) is 0 Å². The molecule has 0 radical (unpaired) electrons. The molecular weight excluding hydrogens is 308 g/mol. The SMILES string of the molecule is Cc1cc([C@@H](CC2CC2)N2CCNCC2)sc1Br. The van der Waals surface area contributed by atoms with Gasteiger partial charge < -0.3 is 5.32 Å². The molecule has 1 aromatic heterocycles. The zero-order valence-electron chi connectivity index (χ0n) is 10.9. The molecule has 1 saturated carbocycles. The lowest BCUT2D eigenvalue weighted by atomic mass is 10.1. The highest BCUT2D eigenvalue weighted by atomic mass is 79.9. The first kappa shape index (κ1) is 13.1. The molecule has 0 unspecified atom stereocenters. The van der Waals surface area contributed by atoms with E-state index >= 15 is 0 Å². The maximum atomic E-state index is 3.68. The van der Waals surface area contributed by atoms with E-state index in [2.05, 4.69) is 39.1 Å². The number of thiophene rings is 1. The van der Waals surface area contributed by atoms with Crippen molar-refractivity contribution in [3.8, 4) is 0 Å². The Kier molecular flexibility index (Phi) is 4.09. The van der Waals surface area contributed by atoms with E-state index < -0.39 is 0 Å². The third-order valence-corrected chi connectivity index (χ3v) is 6.29. The molecule has 100 valence electrons. The van der Waals surface area contributed by atoms with Crippen LogP contribution in [0.1, 0.15) is 35.7 Å². The van der Waals surface area contributed by atoms with Crippen LogP contribution < -0.4 is 5.32 Å². The van der Waals surface area contributed by atoms with Crippen molar-refractivity contribution in [2.45, 2.75) is 32.2 Å². The second-order valence-corrected chi connectivity index (χ2v) is 7.99. The molecule has 1 saturated heterocycles. The minimum absolute atomic E-state index is 0.662. The van der Waals surface area contributed by atoms with Crippen molar-refractivity contribution in [2.75, 3.05) is 26.2 Å². The first-order valence-corrected chi connectivity index (χ1v) is 8.55. The number of hydrogen-bond donors (Lipinski definition) is 1. The predicted molar refractivity (Wildman–Crippen MR) is 81.3 cm³/mol. The monoisotopic (exact) mass is 328 g/mol. The van der Waals surface area contributed by atoms with Gasteiger partial charge in [0.2, 0.25) is 0 Å². The molecule has 3 rings (SSSR count). The molecule has 1 atom stereocenters. The zero-order valence-corrected chi connectivity index (χ0v) is 13.3. The number of hydrogen-bond acceptors (Lipinski definition) is 3. The van der Waals surface area contributed by atoms with Gasteiger partial charge in [0, 0.05) is 37.1 Å². The smallest absolute Gasteiger partial charge is 0.0731 e. The van der Waals surface area contributed by atoms with Crippen LogP contribution in [0.15, 0.2) is 9.85 Å².